The molecule has 3 N–H and O–H groups in total. The van der Waals surface area contributed by atoms with Crippen LogP contribution in [0.3, 0.4) is 0 Å². The van der Waals surface area contributed by atoms with Crippen molar-refractivity contribution in [3.05, 3.63) is 72.4 Å². The third-order valence-corrected chi connectivity index (χ3v) is 6.02. The minimum Gasteiger partial charge on any atom is -0.437 e. The fraction of sp³-hybridized carbons (Fsp3) is 0.250. The Balaban J connectivity index is 0.000000848. The Labute approximate surface area is 228 Å². The van der Waals surface area contributed by atoms with Gasteiger partial charge < -0.3 is 20.7 Å². The fourth-order valence-electron chi connectivity index (χ4n) is 3.20. The summed E-state index contributed by atoms with van der Waals surface area (Å²) in [6.45, 7) is 5.04. The van der Waals surface area contributed by atoms with Crippen LogP contribution >= 0.6 is 0 Å². The van der Waals surface area contributed by atoms with Crippen LogP contribution in [0.25, 0.3) is 5.65 Å². The van der Waals surface area contributed by atoms with E-state index < -0.39 is 28.9 Å². The van der Waals surface area contributed by atoms with Gasteiger partial charge in [-0.2, -0.15) is 0 Å². The van der Waals surface area contributed by atoms with Crippen LogP contribution in [0.15, 0.2) is 60.8 Å². The number of nitrogens with zero attached hydrogens (tertiary/aromatic N) is 3. The summed E-state index contributed by atoms with van der Waals surface area (Å²) < 4.78 is 34.7. The normalized spacial score (nSPS) is 12.6. The molecule has 12 heteroatoms. The second-order valence-corrected chi connectivity index (χ2v) is 9.83. The lowest BCUT2D eigenvalue weighted by atomic mass is 9.90. The van der Waals surface area contributed by atoms with Crippen molar-refractivity contribution in [2.24, 2.45) is 11.3 Å². The Morgan fingerprint density at radius 2 is 1.70 bits per heavy atom. The predicted octanol–water partition coefficient (Wildman–Crippen LogP) is 5.39. The molecule has 0 saturated heterocycles. The van der Waals surface area contributed by atoms with Crippen molar-refractivity contribution in [1.29, 1.82) is 0 Å². The third-order valence-electron chi connectivity index (χ3n) is 6.02. The minimum atomic E-state index is -1.57. The summed E-state index contributed by atoms with van der Waals surface area (Å²) >= 11 is 0. The van der Waals surface area contributed by atoms with Gasteiger partial charge in [0.05, 0.1) is 11.9 Å². The van der Waals surface area contributed by atoms with E-state index in [2.05, 4.69) is 33.0 Å². The summed E-state index contributed by atoms with van der Waals surface area (Å²) in [5.41, 5.74) is -0.953. The first kappa shape index (κ1) is 28.1. The van der Waals surface area contributed by atoms with Gasteiger partial charge in [0.1, 0.15) is 22.8 Å². The first-order valence-corrected chi connectivity index (χ1v) is 12.5. The number of halogens is 2. The van der Waals surface area contributed by atoms with Crippen molar-refractivity contribution in [1.82, 2.24) is 14.6 Å². The number of carbonyl (C=O) groups is 3. The zero-order valence-electron chi connectivity index (χ0n) is 22.1. The molecule has 0 bridgehead atoms. The molecule has 2 aromatic heterocycles. The molecule has 1 aliphatic carbocycles. The summed E-state index contributed by atoms with van der Waals surface area (Å²) in [6, 6.07) is 12.0. The topological polar surface area (TPSA) is 127 Å². The van der Waals surface area contributed by atoms with Crippen LogP contribution in [-0.4, -0.2) is 32.8 Å². The number of hydrogen-bond acceptors (Lipinski definition) is 6. The zero-order valence-corrected chi connectivity index (χ0v) is 22.1. The first-order valence-electron chi connectivity index (χ1n) is 12.5. The van der Waals surface area contributed by atoms with Crippen LogP contribution < -0.4 is 20.7 Å². The minimum absolute atomic E-state index is 0.108. The van der Waals surface area contributed by atoms with Gasteiger partial charge in [0.25, 0.3) is 0 Å². The van der Waals surface area contributed by atoms with E-state index >= 15 is 0 Å². The average Bonchev–Trinajstić information content (AvgIpc) is 3.59. The monoisotopic (exact) mass is 550 g/mol. The molecule has 1 saturated carbocycles. The van der Waals surface area contributed by atoms with Gasteiger partial charge in [0.15, 0.2) is 11.5 Å². The van der Waals surface area contributed by atoms with E-state index in [1.807, 2.05) is 0 Å². The number of hydrogen-bond donors (Lipinski definition) is 3. The fourth-order valence-corrected chi connectivity index (χ4v) is 3.20. The molecule has 40 heavy (non-hydrogen) atoms. The summed E-state index contributed by atoms with van der Waals surface area (Å²) in [5.74, 6) is -1.04. The standard InChI is InChI=1S/C24H20F2N6O4.C4H8/c1-24(2,22(34)28-15-5-3-14(25)4-6-15)23(35)29-18-8-7-16(11-17(18)26)36-21-10-9-20-30-19(27-13-33)12-32(20)31-21;1-4-2-3-4/h3-13H,1-2H3,(H,27,33)(H,28,34)(H,29,35);4H,2-3H2,1H3. The Hall–Kier alpha value is -4.87. The highest BCUT2D eigenvalue weighted by Crippen LogP contribution is 2.28. The molecule has 0 aliphatic heterocycles. The lowest BCUT2D eigenvalue weighted by molar-refractivity contribution is -0.135. The maximum Gasteiger partial charge on any atom is 0.239 e. The van der Waals surface area contributed by atoms with E-state index in [0.717, 1.165) is 12.0 Å². The second kappa shape index (κ2) is 11.9. The number of anilines is 3. The van der Waals surface area contributed by atoms with Crippen LogP contribution in [0.2, 0.25) is 0 Å². The van der Waals surface area contributed by atoms with Gasteiger partial charge >= 0.3 is 0 Å². The molecule has 10 nitrogen and oxygen atoms in total. The lowest BCUT2D eigenvalue weighted by Crippen LogP contribution is -2.41. The molecule has 2 heterocycles. The van der Waals surface area contributed by atoms with Gasteiger partial charge in [-0.3, -0.25) is 14.4 Å². The largest absolute Gasteiger partial charge is 0.437 e. The molecule has 4 aromatic rings. The van der Waals surface area contributed by atoms with E-state index in [-0.39, 0.29) is 17.3 Å². The number of carbonyl (C=O) groups excluding carboxylic acids is 3. The molecule has 1 fully saturated rings. The van der Waals surface area contributed by atoms with Gasteiger partial charge in [0.2, 0.25) is 24.1 Å². The Morgan fingerprint density at radius 3 is 2.33 bits per heavy atom. The van der Waals surface area contributed by atoms with Gasteiger partial charge in [-0.1, -0.05) is 19.8 Å². The second-order valence-electron chi connectivity index (χ2n) is 9.83. The molecule has 2 aromatic carbocycles. The SMILES string of the molecule is CC(C)(C(=O)Nc1ccc(F)cc1)C(=O)Nc1ccc(Oc2ccc3nc(NC=O)cn3n2)cc1F.CC1CC1. The van der Waals surface area contributed by atoms with Gasteiger partial charge in [0, 0.05) is 17.8 Å². The number of ether oxygens (including phenoxy) is 1. The number of imidazole rings is 1. The molecule has 3 amide bonds. The molecule has 208 valence electrons. The highest BCUT2D eigenvalue weighted by molar-refractivity contribution is 6.14. The van der Waals surface area contributed by atoms with Crippen LogP contribution in [0.5, 0.6) is 11.6 Å². The summed E-state index contributed by atoms with van der Waals surface area (Å²) in [6.07, 6.45) is 4.94. The number of nitrogens with one attached hydrogen (secondary N) is 3. The average molecular weight is 551 g/mol. The first-order chi connectivity index (χ1) is 19.0. The van der Waals surface area contributed by atoms with Crippen molar-refractivity contribution >= 4 is 41.1 Å². The number of benzene rings is 2. The molecule has 0 unspecified atom stereocenters. The maximum atomic E-state index is 14.7. The summed E-state index contributed by atoms with van der Waals surface area (Å²) in [5, 5.41) is 11.5. The number of fused-ring (bicyclic) bond motifs is 1. The summed E-state index contributed by atoms with van der Waals surface area (Å²) in [4.78, 5) is 40.0. The Kier molecular flexibility index (Phi) is 8.37. The van der Waals surface area contributed by atoms with Crippen LogP contribution in [0.4, 0.5) is 26.0 Å². The van der Waals surface area contributed by atoms with E-state index in [4.69, 9.17) is 4.74 Å². The maximum absolute atomic E-state index is 14.7. The van der Waals surface area contributed by atoms with Crippen molar-refractivity contribution in [3.8, 4) is 11.6 Å². The molecule has 0 radical (unpaired) electrons. The molecule has 0 spiro atoms. The predicted molar refractivity (Wildman–Crippen MR) is 145 cm³/mol. The van der Waals surface area contributed by atoms with Crippen LogP contribution in [0.1, 0.15) is 33.6 Å². The smallest absolute Gasteiger partial charge is 0.239 e. The van der Waals surface area contributed by atoms with Gasteiger partial charge in [-0.15, -0.1) is 5.10 Å². The van der Waals surface area contributed by atoms with E-state index in [1.165, 1.54) is 79.9 Å². The highest BCUT2D eigenvalue weighted by Gasteiger charge is 2.36. The molecular formula is C28H28F2N6O4. The van der Waals surface area contributed by atoms with Crippen LogP contribution in [-0.2, 0) is 14.4 Å². The number of aromatic nitrogens is 3. The van der Waals surface area contributed by atoms with E-state index in [9.17, 15) is 23.2 Å². The van der Waals surface area contributed by atoms with Crippen molar-refractivity contribution in [3.63, 3.8) is 0 Å². The number of rotatable bonds is 8. The molecule has 5 rings (SSSR count). The Bertz CT molecular complexity index is 1530. The molecule has 1 aliphatic rings. The zero-order chi connectivity index (χ0) is 28.9. The lowest BCUT2D eigenvalue weighted by Gasteiger charge is -2.23. The van der Waals surface area contributed by atoms with E-state index in [1.54, 1.807) is 6.07 Å². The van der Waals surface area contributed by atoms with Crippen molar-refractivity contribution in [2.45, 2.75) is 33.6 Å². The van der Waals surface area contributed by atoms with Crippen molar-refractivity contribution < 1.29 is 27.9 Å². The van der Waals surface area contributed by atoms with E-state index in [0.29, 0.717) is 23.6 Å². The third kappa shape index (κ3) is 7.16. The Morgan fingerprint density at radius 1 is 1.02 bits per heavy atom. The molecule has 0 atom stereocenters. The number of amides is 3. The highest BCUT2D eigenvalue weighted by atomic mass is 19.1. The van der Waals surface area contributed by atoms with Gasteiger partial charge in [-0.05, 0) is 62.2 Å². The van der Waals surface area contributed by atoms with Crippen molar-refractivity contribution in [2.75, 3.05) is 16.0 Å². The van der Waals surface area contributed by atoms with Crippen LogP contribution in [0, 0.1) is 23.0 Å². The quantitative estimate of drug-likeness (QED) is 0.200. The van der Waals surface area contributed by atoms with Gasteiger partial charge in [-0.25, -0.2) is 18.3 Å². The molecular weight excluding hydrogens is 522 g/mol. The summed E-state index contributed by atoms with van der Waals surface area (Å²) in [7, 11) is 0.